The topological polar surface area (TPSA) is 75.7 Å². The first-order valence-electron chi connectivity index (χ1n) is 8.68. The summed E-state index contributed by atoms with van der Waals surface area (Å²) in [6, 6.07) is 7.14. The molecule has 1 aromatic carbocycles. The summed E-state index contributed by atoms with van der Waals surface area (Å²) in [5.41, 5.74) is 0.598. The molecule has 0 fully saturated rings. The third-order valence-corrected chi connectivity index (χ3v) is 4.56. The molecule has 0 aliphatic rings. The minimum atomic E-state index is -0.656. The van der Waals surface area contributed by atoms with Crippen LogP contribution in [0.5, 0.6) is 0 Å². The van der Waals surface area contributed by atoms with Gasteiger partial charge in [-0.3, -0.25) is 14.4 Å². The van der Waals surface area contributed by atoms with E-state index in [1.54, 1.807) is 20.8 Å². The van der Waals surface area contributed by atoms with Gasteiger partial charge in [-0.2, -0.15) is 11.3 Å². The Morgan fingerprint density at radius 2 is 1.82 bits per heavy atom. The van der Waals surface area contributed by atoms with Crippen molar-refractivity contribution in [3.8, 4) is 0 Å². The van der Waals surface area contributed by atoms with Crippen molar-refractivity contribution in [2.75, 3.05) is 18.5 Å². The minimum absolute atomic E-state index is 0.0946. The van der Waals surface area contributed by atoms with Crippen LogP contribution in [0.3, 0.4) is 0 Å². The summed E-state index contributed by atoms with van der Waals surface area (Å²) in [6.45, 7) is 4.68. The van der Waals surface area contributed by atoms with E-state index in [0.29, 0.717) is 5.69 Å². The van der Waals surface area contributed by atoms with Gasteiger partial charge in [-0.15, -0.1) is 0 Å². The van der Waals surface area contributed by atoms with Crippen molar-refractivity contribution in [3.05, 3.63) is 52.5 Å². The van der Waals surface area contributed by atoms with E-state index in [9.17, 15) is 18.8 Å². The Labute approximate surface area is 167 Å². The van der Waals surface area contributed by atoms with Crippen LogP contribution in [0.4, 0.5) is 10.1 Å². The van der Waals surface area contributed by atoms with Gasteiger partial charge in [0.25, 0.3) is 5.91 Å². The summed E-state index contributed by atoms with van der Waals surface area (Å²) < 4.78 is 18.0. The summed E-state index contributed by atoms with van der Waals surface area (Å²) in [7, 11) is 0. The summed E-state index contributed by atoms with van der Waals surface area (Å²) >= 11 is 1.47. The van der Waals surface area contributed by atoms with Crippen molar-refractivity contribution in [1.82, 2.24) is 4.90 Å². The highest BCUT2D eigenvalue weighted by Crippen LogP contribution is 2.15. The molecule has 0 unspecified atom stereocenters. The number of rotatable bonds is 7. The van der Waals surface area contributed by atoms with Crippen molar-refractivity contribution < 1.29 is 23.5 Å². The highest BCUT2D eigenvalue weighted by Gasteiger charge is 2.29. The molecular formula is C20H23FN2O4S. The van der Waals surface area contributed by atoms with Gasteiger partial charge in [0.05, 0.1) is 6.42 Å². The lowest BCUT2D eigenvalue weighted by Gasteiger charge is -2.35. The molecule has 0 radical (unpaired) electrons. The second kappa shape index (κ2) is 9.45. The van der Waals surface area contributed by atoms with Gasteiger partial charge in [0.15, 0.2) is 6.61 Å². The maximum Gasteiger partial charge on any atom is 0.310 e. The zero-order chi connectivity index (χ0) is 20.7. The summed E-state index contributed by atoms with van der Waals surface area (Å²) in [5.74, 6) is -1.81. The molecule has 1 N–H and O–H groups in total. The number of carbonyl (C=O) groups excluding carboxylic acids is 3. The zero-order valence-corrected chi connectivity index (χ0v) is 16.8. The molecule has 0 bridgehead atoms. The van der Waals surface area contributed by atoms with E-state index >= 15 is 0 Å². The molecule has 8 heteroatoms. The fraction of sp³-hybridized carbons (Fsp3) is 0.350. The normalized spacial score (nSPS) is 11.0. The number of esters is 1. The van der Waals surface area contributed by atoms with Crippen LogP contribution in [0.2, 0.25) is 0 Å². The van der Waals surface area contributed by atoms with Crippen molar-refractivity contribution in [2.24, 2.45) is 0 Å². The summed E-state index contributed by atoms with van der Waals surface area (Å²) in [5, 5.41) is 6.31. The molecule has 0 atom stereocenters. The average Bonchev–Trinajstić information content (AvgIpc) is 3.11. The predicted octanol–water partition coefficient (Wildman–Crippen LogP) is 3.24. The molecule has 28 heavy (non-hydrogen) atoms. The monoisotopic (exact) mass is 406 g/mol. The SMILES string of the molecule is CC(C)(C)N(CC(=O)Nc1ccc(F)cc1)C(=O)COC(=O)Cc1ccsc1. The van der Waals surface area contributed by atoms with Crippen molar-refractivity contribution >= 4 is 34.8 Å². The Bertz CT molecular complexity index is 814. The fourth-order valence-corrected chi connectivity index (χ4v) is 3.08. The maximum absolute atomic E-state index is 13.0. The number of nitrogens with zero attached hydrogens (tertiary/aromatic N) is 1. The van der Waals surface area contributed by atoms with Gasteiger partial charge >= 0.3 is 5.97 Å². The zero-order valence-electron chi connectivity index (χ0n) is 16.0. The fourth-order valence-electron chi connectivity index (χ4n) is 2.41. The highest BCUT2D eigenvalue weighted by atomic mass is 32.1. The van der Waals surface area contributed by atoms with Gasteiger partial charge in [-0.25, -0.2) is 4.39 Å². The quantitative estimate of drug-likeness (QED) is 0.717. The second-order valence-electron chi connectivity index (χ2n) is 7.17. The van der Waals surface area contributed by atoms with Crippen molar-refractivity contribution in [1.29, 1.82) is 0 Å². The summed E-state index contributed by atoms with van der Waals surface area (Å²) in [4.78, 5) is 38.1. The molecular weight excluding hydrogens is 383 g/mol. The molecule has 2 amide bonds. The molecule has 6 nitrogen and oxygen atoms in total. The van der Waals surface area contributed by atoms with Crippen LogP contribution >= 0.6 is 11.3 Å². The van der Waals surface area contributed by atoms with Crippen LogP contribution < -0.4 is 5.32 Å². The predicted molar refractivity (Wildman–Crippen MR) is 105 cm³/mol. The number of thiophene rings is 1. The lowest BCUT2D eigenvalue weighted by atomic mass is 10.1. The van der Waals surface area contributed by atoms with E-state index in [1.165, 1.54) is 40.5 Å². The Balaban J connectivity index is 1.92. The van der Waals surface area contributed by atoms with Gasteiger partial charge in [0, 0.05) is 11.2 Å². The minimum Gasteiger partial charge on any atom is -0.455 e. The standard InChI is InChI=1S/C20H23FN2O4S/c1-20(2,3)23(11-17(24)22-16-6-4-15(21)5-7-16)18(25)12-27-19(26)10-14-8-9-28-13-14/h4-9,13H,10-12H2,1-3H3,(H,22,24). The lowest BCUT2D eigenvalue weighted by Crippen LogP contribution is -2.50. The molecule has 0 saturated heterocycles. The van der Waals surface area contributed by atoms with Crippen LogP contribution in [-0.4, -0.2) is 41.4 Å². The number of nitrogens with one attached hydrogen (secondary N) is 1. The molecule has 0 aliphatic carbocycles. The first-order chi connectivity index (χ1) is 13.1. The molecule has 1 heterocycles. The number of hydrogen-bond acceptors (Lipinski definition) is 5. The largest absolute Gasteiger partial charge is 0.455 e. The van der Waals surface area contributed by atoms with E-state index < -0.39 is 35.7 Å². The summed E-state index contributed by atoms with van der Waals surface area (Å²) in [6.07, 6.45) is 0.0946. The van der Waals surface area contributed by atoms with E-state index in [2.05, 4.69) is 5.32 Å². The van der Waals surface area contributed by atoms with Crippen LogP contribution in [0.15, 0.2) is 41.1 Å². The van der Waals surface area contributed by atoms with Crippen molar-refractivity contribution in [3.63, 3.8) is 0 Å². The van der Waals surface area contributed by atoms with Gasteiger partial charge < -0.3 is 15.0 Å². The van der Waals surface area contributed by atoms with Gasteiger partial charge in [0.2, 0.25) is 5.91 Å². The second-order valence-corrected chi connectivity index (χ2v) is 7.95. The molecule has 2 aromatic rings. The van der Waals surface area contributed by atoms with Crippen LogP contribution in [0, 0.1) is 5.82 Å². The molecule has 1 aromatic heterocycles. The maximum atomic E-state index is 13.0. The number of carbonyl (C=O) groups is 3. The Morgan fingerprint density at radius 1 is 1.14 bits per heavy atom. The van der Waals surface area contributed by atoms with E-state index in [-0.39, 0.29) is 13.0 Å². The van der Waals surface area contributed by atoms with E-state index in [0.717, 1.165) is 5.56 Å². The smallest absolute Gasteiger partial charge is 0.310 e. The third kappa shape index (κ3) is 6.77. The average molecular weight is 406 g/mol. The van der Waals surface area contributed by atoms with E-state index in [4.69, 9.17) is 4.74 Å². The van der Waals surface area contributed by atoms with Crippen LogP contribution in [0.1, 0.15) is 26.3 Å². The third-order valence-electron chi connectivity index (χ3n) is 3.83. The number of benzene rings is 1. The first kappa shape index (κ1) is 21.6. The molecule has 0 saturated carbocycles. The van der Waals surface area contributed by atoms with Crippen molar-refractivity contribution in [2.45, 2.75) is 32.7 Å². The number of halogens is 1. The number of amides is 2. The number of anilines is 1. The Morgan fingerprint density at radius 3 is 2.39 bits per heavy atom. The molecule has 0 spiro atoms. The first-order valence-corrected chi connectivity index (χ1v) is 9.62. The van der Waals surface area contributed by atoms with Gasteiger partial charge in [0.1, 0.15) is 12.4 Å². The highest BCUT2D eigenvalue weighted by molar-refractivity contribution is 7.08. The molecule has 0 aliphatic heterocycles. The van der Waals surface area contributed by atoms with Crippen LogP contribution in [-0.2, 0) is 25.5 Å². The number of hydrogen-bond donors (Lipinski definition) is 1. The van der Waals surface area contributed by atoms with Gasteiger partial charge in [-0.1, -0.05) is 0 Å². The Kier molecular flexibility index (Phi) is 7.28. The molecule has 150 valence electrons. The van der Waals surface area contributed by atoms with E-state index in [1.807, 2.05) is 16.8 Å². The van der Waals surface area contributed by atoms with Crippen LogP contribution in [0.25, 0.3) is 0 Å². The number of ether oxygens (including phenoxy) is 1. The Hall–Kier alpha value is -2.74. The molecule has 2 rings (SSSR count). The van der Waals surface area contributed by atoms with Gasteiger partial charge in [-0.05, 0) is 67.4 Å². The lowest BCUT2D eigenvalue weighted by molar-refractivity contribution is -0.154.